The fraction of sp³-hybridized carbons (Fsp3) is 0.105. The van der Waals surface area contributed by atoms with Crippen molar-refractivity contribution in [1.29, 1.82) is 0 Å². The molecule has 0 radical (unpaired) electrons. The number of ketones is 1. The molecule has 7 heteroatoms. The third-order valence-corrected chi connectivity index (χ3v) is 5.30. The zero-order chi connectivity index (χ0) is 18.3. The number of fused-ring (bicyclic) bond motifs is 1. The maximum atomic E-state index is 12.8. The van der Waals surface area contributed by atoms with Crippen molar-refractivity contribution in [2.75, 3.05) is 11.7 Å². The van der Waals surface area contributed by atoms with Crippen LogP contribution < -0.4 is 14.4 Å². The number of hydrogen-bond acceptors (Lipinski definition) is 6. The first-order valence-corrected chi connectivity index (χ1v) is 9.04. The highest BCUT2D eigenvalue weighted by atomic mass is 32.2. The zero-order valence-electron chi connectivity index (χ0n) is 13.7. The van der Waals surface area contributed by atoms with Crippen LogP contribution >= 0.6 is 24.0 Å². The molecule has 2 heterocycles. The summed E-state index contributed by atoms with van der Waals surface area (Å²) in [5, 5.41) is 0. The number of benzene rings is 2. The second-order valence-corrected chi connectivity index (χ2v) is 7.41. The van der Waals surface area contributed by atoms with Crippen LogP contribution in [0.15, 0.2) is 47.4 Å². The van der Waals surface area contributed by atoms with E-state index >= 15 is 0 Å². The van der Waals surface area contributed by atoms with Gasteiger partial charge in [-0.05, 0) is 42.8 Å². The summed E-state index contributed by atoms with van der Waals surface area (Å²) in [6.45, 7) is 1.69. The van der Waals surface area contributed by atoms with Crippen molar-refractivity contribution in [3.8, 4) is 11.5 Å². The van der Waals surface area contributed by atoms with Crippen LogP contribution in [0.5, 0.6) is 11.5 Å². The highest BCUT2D eigenvalue weighted by Crippen LogP contribution is 2.38. The highest BCUT2D eigenvalue weighted by Gasteiger charge is 2.33. The minimum absolute atomic E-state index is 0.0619. The number of ether oxygens (including phenoxy) is 2. The van der Waals surface area contributed by atoms with Crippen molar-refractivity contribution >= 4 is 51.8 Å². The molecule has 1 amide bonds. The lowest BCUT2D eigenvalue weighted by molar-refractivity contribution is -0.113. The van der Waals surface area contributed by atoms with E-state index in [-0.39, 0.29) is 18.5 Å². The molecule has 0 aliphatic carbocycles. The van der Waals surface area contributed by atoms with Crippen LogP contribution in [0.1, 0.15) is 22.8 Å². The molecule has 4 rings (SSSR count). The molecule has 0 saturated carbocycles. The van der Waals surface area contributed by atoms with E-state index in [2.05, 4.69) is 0 Å². The quantitative estimate of drug-likeness (QED) is 0.453. The normalized spacial score (nSPS) is 17.3. The Kier molecular flexibility index (Phi) is 4.26. The first kappa shape index (κ1) is 16.8. The second kappa shape index (κ2) is 6.59. The lowest BCUT2D eigenvalue weighted by Crippen LogP contribution is -2.27. The lowest BCUT2D eigenvalue weighted by atomic mass is 10.1. The van der Waals surface area contributed by atoms with Crippen LogP contribution in [0.2, 0.25) is 0 Å². The average molecular weight is 383 g/mol. The molecule has 130 valence electrons. The van der Waals surface area contributed by atoms with Crippen molar-refractivity contribution in [3.05, 3.63) is 58.5 Å². The van der Waals surface area contributed by atoms with Crippen LogP contribution in [-0.4, -0.2) is 22.8 Å². The summed E-state index contributed by atoms with van der Waals surface area (Å²) in [5.41, 5.74) is 1.96. The van der Waals surface area contributed by atoms with Gasteiger partial charge in [0.1, 0.15) is 0 Å². The van der Waals surface area contributed by atoms with Crippen LogP contribution in [0.3, 0.4) is 0 Å². The Bertz CT molecular complexity index is 983. The standard InChI is InChI=1S/C19H13NO4S2/c1-11(21)13-3-2-4-14(9-13)20-18(22)17(26-19(20)25)8-12-5-6-15-16(7-12)24-10-23-15/h2-9H,10H2,1H3/b17-8-. The number of nitrogens with zero attached hydrogens (tertiary/aromatic N) is 1. The van der Waals surface area contributed by atoms with Gasteiger partial charge in [-0.1, -0.05) is 42.2 Å². The molecular formula is C19H13NO4S2. The number of amides is 1. The topological polar surface area (TPSA) is 55.8 Å². The Labute approximate surface area is 159 Å². The van der Waals surface area contributed by atoms with Crippen molar-refractivity contribution in [2.24, 2.45) is 0 Å². The van der Waals surface area contributed by atoms with Crippen molar-refractivity contribution in [3.63, 3.8) is 0 Å². The van der Waals surface area contributed by atoms with Gasteiger partial charge in [-0.25, -0.2) is 0 Å². The highest BCUT2D eigenvalue weighted by molar-refractivity contribution is 8.27. The molecule has 0 bridgehead atoms. The number of Topliss-reactive ketones (excluding diaryl/α,β-unsaturated/α-hetero) is 1. The van der Waals surface area contributed by atoms with E-state index in [1.54, 1.807) is 30.3 Å². The molecule has 1 fully saturated rings. The minimum atomic E-state index is -0.210. The van der Waals surface area contributed by atoms with E-state index in [4.69, 9.17) is 21.7 Å². The van der Waals surface area contributed by atoms with Crippen LogP contribution in [-0.2, 0) is 4.79 Å². The molecule has 1 saturated heterocycles. The zero-order valence-corrected chi connectivity index (χ0v) is 15.4. The molecule has 0 aromatic heterocycles. The van der Waals surface area contributed by atoms with Gasteiger partial charge in [-0.2, -0.15) is 0 Å². The Morgan fingerprint density at radius 1 is 1.19 bits per heavy atom. The third kappa shape index (κ3) is 3.00. The maximum absolute atomic E-state index is 12.8. The molecular weight excluding hydrogens is 370 g/mol. The van der Waals surface area contributed by atoms with E-state index in [0.29, 0.717) is 32.0 Å². The Morgan fingerprint density at radius 3 is 2.81 bits per heavy atom. The van der Waals surface area contributed by atoms with Crippen molar-refractivity contribution in [2.45, 2.75) is 6.92 Å². The molecule has 2 aliphatic rings. The van der Waals surface area contributed by atoms with Crippen LogP contribution in [0, 0.1) is 0 Å². The molecule has 5 nitrogen and oxygen atoms in total. The van der Waals surface area contributed by atoms with Crippen LogP contribution in [0.25, 0.3) is 6.08 Å². The number of carbonyl (C=O) groups excluding carboxylic acids is 2. The van der Waals surface area contributed by atoms with E-state index in [0.717, 1.165) is 5.56 Å². The molecule has 0 spiro atoms. The van der Waals surface area contributed by atoms with Gasteiger partial charge in [-0.15, -0.1) is 0 Å². The molecule has 2 aromatic rings. The fourth-order valence-corrected chi connectivity index (χ4v) is 4.01. The Hall–Kier alpha value is -2.64. The second-order valence-electron chi connectivity index (χ2n) is 5.74. The number of hydrogen-bond donors (Lipinski definition) is 0. The Balaban J connectivity index is 1.65. The van der Waals surface area contributed by atoms with Gasteiger partial charge in [0.2, 0.25) is 6.79 Å². The maximum Gasteiger partial charge on any atom is 0.270 e. The molecule has 2 aliphatic heterocycles. The molecule has 0 N–H and O–H groups in total. The van der Waals surface area contributed by atoms with Crippen LogP contribution in [0.4, 0.5) is 5.69 Å². The molecule has 26 heavy (non-hydrogen) atoms. The summed E-state index contributed by atoms with van der Waals surface area (Å²) in [6.07, 6.45) is 1.77. The van der Waals surface area contributed by atoms with E-state index in [1.807, 2.05) is 18.2 Å². The third-order valence-electron chi connectivity index (χ3n) is 4.00. The average Bonchev–Trinajstić information content (AvgIpc) is 3.19. The largest absolute Gasteiger partial charge is 0.454 e. The SMILES string of the molecule is CC(=O)c1cccc(N2C(=O)/C(=C/c3ccc4c(c3)OCO4)SC2=S)c1. The van der Waals surface area contributed by atoms with Crippen molar-refractivity contribution < 1.29 is 19.1 Å². The Morgan fingerprint density at radius 2 is 2.00 bits per heavy atom. The number of carbonyl (C=O) groups is 2. The first-order valence-electron chi connectivity index (χ1n) is 7.81. The summed E-state index contributed by atoms with van der Waals surface area (Å²) in [7, 11) is 0. The van der Waals surface area contributed by atoms with E-state index in [1.165, 1.54) is 23.6 Å². The minimum Gasteiger partial charge on any atom is -0.454 e. The van der Waals surface area contributed by atoms with Crippen molar-refractivity contribution in [1.82, 2.24) is 0 Å². The van der Waals surface area contributed by atoms with Gasteiger partial charge in [0.05, 0.1) is 10.6 Å². The predicted octanol–water partition coefficient (Wildman–Crippen LogP) is 4.02. The number of thiocarbonyl (C=S) groups is 1. The summed E-state index contributed by atoms with van der Waals surface area (Å²) in [4.78, 5) is 26.4. The lowest BCUT2D eigenvalue weighted by Gasteiger charge is -2.15. The molecule has 2 aromatic carbocycles. The van der Waals surface area contributed by atoms with Gasteiger partial charge in [0.15, 0.2) is 21.6 Å². The van der Waals surface area contributed by atoms with E-state index < -0.39 is 0 Å². The number of rotatable bonds is 3. The van der Waals surface area contributed by atoms with Gasteiger partial charge < -0.3 is 9.47 Å². The number of thioether (sulfide) groups is 1. The fourth-order valence-electron chi connectivity index (χ4n) is 2.71. The van der Waals surface area contributed by atoms with Gasteiger partial charge in [-0.3, -0.25) is 14.5 Å². The summed E-state index contributed by atoms with van der Waals surface area (Å²) in [6, 6.07) is 12.4. The first-order chi connectivity index (χ1) is 12.5. The molecule has 0 atom stereocenters. The van der Waals surface area contributed by atoms with E-state index in [9.17, 15) is 9.59 Å². The predicted molar refractivity (Wildman–Crippen MR) is 105 cm³/mol. The van der Waals surface area contributed by atoms with Gasteiger partial charge in [0, 0.05) is 5.56 Å². The summed E-state index contributed by atoms with van der Waals surface area (Å²) >= 11 is 6.61. The van der Waals surface area contributed by atoms with Gasteiger partial charge >= 0.3 is 0 Å². The summed E-state index contributed by atoms with van der Waals surface area (Å²) < 4.78 is 11.1. The molecule has 0 unspecified atom stereocenters. The monoisotopic (exact) mass is 383 g/mol. The smallest absolute Gasteiger partial charge is 0.270 e. The summed E-state index contributed by atoms with van der Waals surface area (Å²) in [5.74, 6) is 1.07. The van der Waals surface area contributed by atoms with Gasteiger partial charge in [0.25, 0.3) is 5.91 Å². The number of anilines is 1.